The zero-order chi connectivity index (χ0) is 14.6. The van der Waals surface area contributed by atoms with E-state index >= 15 is 0 Å². The fourth-order valence-electron chi connectivity index (χ4n) is 2.42. The molecule has 2 N–H and O–H groups in total. The van der Waals surface area contributed by atoms with Gasteiger partial charge in [-0.05, 0) is 62.3 Å². The second-order valence-corrected chi connectivity index (χ2v) is 7.30. The maximum Gasteiger partial charge on any atom is 0.161 e. The fourth-order valence-corrected chi connectivity index (χ4v) is 3.49. The standard InChI is InChI=1S/C16H25NO2S/c1-16(2,17)11-12-4-5-14(18-3)15(10-12)19-13-6-8-20-9-7-13/h4-5,10,13H,6-9,11,17H2,1-3H3. The lowest BCUT2D eigenvalue weighted by Gasteiger charge is -2.25. The molecule has 4 heteroatoms. The maximum absolute atomic E-state index is 6.15. The van der Waals surface area contributed by atoms with Crippen LogP contribution in [0.1, 0.15) is 32.3 Å². The minimum absolute atomic E-state index is 0.215. The lowest BCUT2D eigenvalue weighted by Crippen LogP contribution is -2.34. The monoisotopic (exact) mass is 295 g/mol. The van der Waals surface area contributed by atoms with Gasteiger partial charge in [-0.2, -0.15) is 11.8 Å². The molecule has 1 aromatic carbocycles. The Kier molecular flexibility index (Phi) is 5.22. The number of ether oxygens (including phenoxy) is 2. The number of rotatable bonds is 5. The number of hydrogen-bond donors (Lipinski definition) is 1. The van der Waals surface area contributed by atoms with Gasteiger partial charge in [0.2, 0.25) is 0 Å². The van der Waals surface area contributed by atoms with Crippen molar-refractivity contribution in [3.63, 3.8) is 0 Å². The lowest BCUT2D eigenvalue weighted by molar-refractivity contribution is 0.184. The maximum atomic E-state index is 6.15. The van der Waals surface area contributed by atoms with Crippen molar-refractivity contribution in [2.75, 3.05) is 18.6 Å². The third-order valence-electron chi connectivity index (χ3n) is 3.35. The van der Waals surface area contributed by atoms with E-state index in [2.05, 4.69) is 12.1 Å². The van der Waals surface area contributed by atoms with Gasteiger partial charge in [0.15, 0.2) is 11.5 Å². The van der Waals surface area contributed by atoms with Crippen molar-refractivity contribution in [3.8, 4) is 11.5 Å². The first-order chi connectivity index (χ1) is 9.48. The van der Waals surface area contributed by atoms with Crippen LogP contribution in [-0.4, -0.2) is 30.3 Å². The van der Waals surface area contributed by atoms with Gasteiger partial charge in [-0.1, -0.05) is 6.07 Å². The molecule has 0 amide bonds. The summed E-state index contributed by atoms with van der Waals surface area (Å²) >= 11 is 2.00. The molecule has 3 nitrogen and oxygen atoms in total. The van der Waals surface area contributed by atoms with Crippen LogP contribution in [0.5, 0.6) is 11.5 Å². The SMILES string of the molecule is COc1ccc(CC(C)(C)N)cc1OC1CCSCC1. The summed E-state index contributed by atoms with van der Waals surface area (Å²) in [7, 11) is 1.69. The van der Waals surface area contributed by atoms with E-state index in [1.165, 1.54) is 17.1 Å². The molecule has 0 radical (unpaired) electrons. The van der Waals surface area contributed by atoms with Crippen LogP contribution in [-0.2, 0) is 6.42 Å². The number of thioether (sulfide) groups is 1. The second kappa shape index (κ2) is 6.72. The molecule has 1 heterocycles. The van der Waals surface area contributed by atoms with Crippen molar-refractivity contribution in [2.24, 2.45) is 5.73 Å². The molecule has 1 aliphatic rings. The van der Waals surface area contributed by atoms with Gasteiger partial charge in [0.05, 0.1) is 7.11 Å². The Balaban J connectivity index is 2.13. The van der Waals surface area contributed by atoms with Crippen LogP contribution in [0.25, 0.3) is 0 Å². The van der Waals surface area contributed by atoms with Crippen molar-refractivity contribution in [1.82, 2.24) is 0 Å². The minimum Gasteiger partial charge on any atom is -0.493 e. The van der Waals surface area contributed by atoms with Crippen LogP contribution in [0.15, 0.2) is 18.2 Å². The molecule has 0 aromatic heterocycles. The Morgan fingerprint density at radius 1 is 1.25 bits per heavy atom. The van der Waals surface area contributed by atoms with Crippen LogP contribution < -0.4 is 15.2 Å². The summed E-state index contributed by atoms with van der Waals surface area (Å²) in [6.07, 6.45) is 3.36. The number of hydrogen-bond acceptors (Lipinski definition) is 4. The van der Waals surface area contributed by atoms with Crippen molar-refractivity contribution < 1.29 is 9.47 Å². The van der Waals surface area contributed by atoms with Crippen molar-refractivity contribution >= 4 is 11.8 Å². The van der Waals surface area contributed by atoms with Gasteiger partial charge in [-0.3, -0.25) is 0 Å². The predicted molar refractivity (Wildman–Crippen MR) is 85.9 cm³/mol. The summed E-state index contributed by atoms with van der Waals surface area (Å²) < 4.78 is 11.6. The minimum atomic E-state index is -0.215. The summed E-state index contributed by atoms with van der Waals surface area (Å²) in [5.41, 5.74) is 7.08. The van der Waals surface area contributed by atoms with Crippen LogP contribution in [0.3, 0.4) is 0 Å². The largest absolute Gasteiger partial charge is 0.493 e. The third kappa shape index (κ3) is 4.60. The molecule has 0 saturated carbocycles. The van der Waals surface area contributed by atoms with Crippen molar-refractivity contribution in [1.29, 1.82) is 0 Å². The molecule has 2 rings (SSSR count). The molecule has 1 aromatic rings. The van der Waals surface area contributed by atoms with E-state index in [0.29, 0.717) is 6.10 Å². The van der Waals surface area contributed by atoms with Gasteiger partial charge in [0.1, 0.15) is 6.10 Å². The van der Waals surface area contributed by atoms with E-state index in [1.807, 2.05) is 31.7 Å². The molecular formula is C16H25NO2S. The average Bonchev–Trinajstić information content (AvgIpc) is 2.38. The lowest BCUT2D eigenvalue weighted by atomic mass is 9.96. The summed E-state index contributed by atoms with van der Waals surface area (Å²) in [5, 5.41) is 0. The zero-order valence-corrected chi connectivity index (χ0v) is 13.5. The Labute approximate surface area is 126 Å². The number of benzene rings is 1. The summed E-state index contributed by atoms with van der Waals surface area (Å²) in [6.45, 7) is 4.08. The van der Waals surface area contributed by atoms with E-state index in [0.717, 1.165) is 30.8 Å². The van der Waals surface area contributed by atoms with Crippen LogP contribution in [0.4, 0.5) is 0 Å². The molecule has 20 heavy (non-hydrogen) atoms. The van der Waals surface area contributed by atoms with Gasteiger partial charge in [0.25, 0.3) is 0 Å². The Hall–Kier alpha value is -0.870. The Morgan fingerprint density at radius 2 is 1.95 bits per heavy atom. The first kappa shape index (κ1) is 15.5. The third-order valence-corrected chi connectivity index (χ3v) is 4.40. The summed E-state index contributed by atoms with van der Waals surface area (Å²) in [5.74, 6) is 4.03. The molecular weight excluding hydrogens is 270 g/mol. The fraction of sp³-hybridized carbons (Fsp3) is 0.625. The van der Waals surface area contributed by atoms with E-state index in [-0.39, 0.29) is 5.54 Å². The second-order valence-electron chi connectivity index (χ2n) is 6.08. The molecule has 0 atom stereocenters. The van der Waals surface area contributed by atoms with Gasteiger partial charge in [-0.15, -0.1) is 0 Å². The molecule has 1 saturated heterocycles. The van der Waals surface area contributed by atoms with E-state index in [4.69, 9.17) is 15.2 Å². The van der Waals surface area contributed by atoms with Gasteiger partial charge < -0.3 is 15.2 Å². The predicted octanol–water partition coefficient (Wildman–Crippen LogP) is 3.25. The van der Waals surface area contributed by atoms with E-state index in [1.54, 1.807) is 7.11 Å². The van der Waals surface area contributed by atoms with Crippen molar-refractivity contribution in [3.05, 3.63) is 23.8 Å². The highest BCUT2D eigenvalue weighted by atomic mass is 32.2. The Bertz CT molecular complexity index is 437. The summed E-state index contributed by atoms with van der Waals surface area (Å²) in [4.78, 5) is 0. The van der Waals surface area contributed by atoms with Gasteiger partial charge in [0, 0.05) is 5.54 Å². The summed E-state index contributed by atoms with van der Waals surface area (Å²) in [6, 6.07) is 6.13. The van der Waals surface area contributed by atoms with E-state index < -0.39 is 0 Å². The molecule has 0 spiro atoms. The van der Waals surface area contributed by atoms with Crippen LogP contribution in [0, 0.1) is 0 Å². The quantitative estimate of drug-likeness (QED) is 0.905. The molecule has 1 fully saturated rings. The topological polar surface area (TPSA) is 44.5 Å². The molecule has 0 aliphatic carbocycles. The smallest absolute Gasteiger partial charge is 0.161 e. The Morgan fingerprint density at radius 3 is 2.55 bits per heavy atom. The average molecular weight is 295 g/mol. The first-order valence-electron chi connectivity index (χ1n) is 7.18. The highest BCUT2D eigenvalue weighted by Crippen LogP contribution is 2.32. The molecule has 0 bridgehead atoms. The highest BCUT2D eigenvalue weighted by Gasteiger charge is 2.19. The molecule has 0 unspecified atom stereocenters. The molecule has 1 aliphatic heterocycles. The highest BCUT2D eigenvalue weighted by molar-refractivity contribution is 7.99. The van der Waals surface area contributed by atoms with Crippen LogP contribution >= 0.6 is 11.8 Å². The van der Waals surface area contributed by atoms with Crippen molar-refractivity contribution in [2.45, 2.75) is 44.8 Å². The normalized spacial score (nSPS) is 17.0. The van der Waals surface area contributed by atoms with E-state index in [9.17, 15) is 0 Å². The number of methoxy groups -OCH3 is 1. The first-order valence-corrected chi connectivity index (χ1v) is 8.33. The van der Waals surface area contributed by atoms with Gasteiger partial charge in [-0.25, -0.2) is 0 Å². The zero-order valence-electron chi connectivity index (χ0n) is 12.6. The molecule has 112 valence electrons. The number of nitrogens with two attached hydrogens (primary N) is 1. The van der Waals surface area contributed by atoms with Gasteiger partial charge >= 0.3 is 0 Å². The van der Waals surface area contributed by atoms with Crippen LogP contribution in [0.2, 0.25) is 0 Å².